The van der Waals surface area contributed by atoms with Crippen LogP contribution in [-0.4, -0.2) is 39.2 Å². The van der Waals surface area contributed by atoms with Crippen LogP contribution in [0.3, 0.4) is 0 Å². The summed E-state index contributed by atoms with van der Waals surface area (Å²) in [7, 11) is -0.793. The lowest BCUT2D eigenvalue weighted by atomic mass is 9.88. The minimum Gasteiger partial charge on any atom is -0.385 e. The second-order valence-electron chi connectivity index (χ2n) is 8.55. The standard InChI is InChI=1S/C23H31N3OSi/c1-28(2)22-15-25-21-7-6-19(13-20(21)22)23(27)26-10-8-17(9-11-26)18-5-3-4-16(12-18)14-24/h3-7,12-13,17,22,25,28H,8-11,14-15,24H2,1-2H3. The molecule has 2 aromatic rings. The van der Waals surface area contributed by atoms with Crippen molar-refractivity contribution in [3.63, 3.8) is 0 Å². The minimum absolute atomic E-state index is 0.188. The fourth-order valence-electron chi connectivity index (χ4n) is 4.66. The first-order valence-corrected chi connectivity index (χ1v) is 13.5. The first kappa shape index (κ1) is 19.2. The quantitative estimate of drug-likeness (QED) is 0.779. The lowest BCUT2D eigenvalue weighted by Gasteiger charge is -2.32. The van der Waals surface area contributed by atoms with Crippen LogP contribution in [0, 0.1) is 0 Å². The third kappa shape index (κ3) is 3.73. The summed E-state index contributed by atoms with van der Waals surface area (Å²) in [4.78, 5) is 15.2. The van der Waals surface area contributed by atoms with Crippen LogP contribution in [0.1, 0.15) is 51.3 Å². The van der Waals surface area contributed by atoms with Crippen molar-refractivity contribution in [1.82, 2.24) is 4.90 Å². The lowest BCUT2D eigenvalue weighted by Crippen LogP contribution is -2.38. The maximum Gasteiger partial charge on any atom is 0.253 e. The Balaban J connectivity index is 1.44. The van der Waals surface area contributed by atoms with Crippen molar-refractivity contribution in [2.24, 2.45) is 5.73 Å². The minimum atomic E-state index is -0.793. The number of anilines is 1. The van der Waals surface area contributed by atoms with Gasteiger partial charge in [-0.1, -0.05) is 37.4 Å². The molecule has 4 rings (SSSR count). The van der Waals surface area contributed by atoms with Gasteiger partial charge in [-0.3, -0.25) is 4.79 Å². The zero-order chi connectivity index (χ0) is 19.7. The number of nitrogens with two attached hydrogens (primary N) is 1. The number of carbonyl (C=O) groups is 1. The number of fused-ring (bicyclic) bond motifs is 1. The zero-order valence-corrected chi connectivity index (χ0v) is 18.1. The number of hydrogen-bond donors (Lipinski definition) is 2. The Hall–Kier alpha value is -2.11. The zero-order valence-electron chi connectivity index (χ0n) is 16.9. The van der Waals surface area contributed by atoms with Crippen LogP contribution in [-0.2, 0) is 6.54 Å². The van der Waals surface area contributed by atoms with Crippen molar-refractivity contribution < 1.29 is 4.79 Å². The molecular weight excluding hydrogens is 362 g/mol. The molecule has 4 nitrogen and oxygen atoms in total. The molecule has 0 bridgehead atoms. The van der Waals surface area contributed by atoms with Crippen molar-refractivity contribution in [3.05, 3.63) is 64.7 Å². The highest BCUT2D eigenvalue weighted by molar-refractivity contribution is 6.58. The molecule has 28 heavy (non-hydrogen) atoms. The molecule has 1 amide bonds. The molecule has 2 aliphatic rings. The van der Waals surface area contributed by atoms with E-state index in [0.29, 0.717) is 18.0 Å². The Morgan fingerprint density at radius 3 is 2.68 bits per heavy atom. The Morgan fingerprint density at radius 1 is 1.18 bits per heavy atom. The van der Waals surface area contributed by atoms with E-state index in [4.69, 9.17) is 5.73 Å². The van der Waals surface area contributed by atoms with Gasteiger partial charge in [-0.15, -0.1) is 0 Å². The van der Waals surface area contributed by atoms with Gasteiger partial charge >= 0.3 is 0 Å². The third-order valence-corrected chi connectivity index (χ3v) is 8.66. The highest BCUT2D eigenvalue weighted by Gasteiger charge is 2.29. The van der Waals surface area contributed by atoms with E-state index in [1.165, 1.54) is 22.4 Å². The first-order chi connectivity index (χ1) is 13.6. The van der Waals surface area contributed by atoms with E-state index in [2.05, 4.69) is 54.8 Å². The lowest BCUT2D eigenvalue weighted by molar-refractivity contribution is 0.0713. The molecule has 0 aliphatic carbocycles. The van der Waals surface area contributed by atoms with Gasteiger partial charge in [-0.05, 0) is 59.2 Å². The number of hydrogen-bond acceptors (Lipinski definition) is 3. The van der Waals surface area contributed by atoms with E-state index >= 15 is 0 Å². The topological polar surface area (TPSA) is 58.4 Å². The Labute approximate surface area is 169 Å². The van der Waals surface area contributed by atoms with Crippen LogP contribution in [0.4, 0.5) is 5.69 Å². The Kier molecular flexibility index (Phi) is 5.55. The van der Waals surface area contributed by atoms with Crippen molar-refractivity contribution in [2.45, 2.75) is 43.9 Å². The predicted octanol–water partition coefficient (Wildman–Crippen LogP) is 3.70. The Morgan fingerprint density at radius 2 is 1.96 bits per heavy atom. The molecule has 0 aromatic heterocycles. The van der Waals surface area contributed by atoms with Gasteiger partial charge in [0, 0.05) is 46.2 Å². The molecule has 5 heteroatoms. The van der Waals surface area contributed by atoms with Gasteiger partial charge in [0.15, 0.2) is 0 Å². The third-order valence-electron chi connectivity index (χ3n) is 6.46. The summed E-state index contributed by atoms with van der Waals surface area (Å²) >= 11 is 0. The van der Waals surface area contributed by atoms with Crippen molar-refractivity contribution in [3.8, 4) is 0 Å². The number of benzene rings is 2. The van der Waals surface area contributed by atoms with Gasteiger partial charge in [0.1, 0.15) is 0 Å². The van der Waals surface area contributed by atoms with E-state index in [-0.39, 0.29) is 5.91 Å². The molecule has 3 N–H and O–H groups in total. The highest BCUT2D eigenvalue weighted by atomic mass is 28.3. The Bertz CT molecular complexity index is 859. The van der Waals surface area contributed by atoms with Gasteiger partial charge in [0.2, 0.25) is 0 Å². The van der Waals surface area contributed by atoms with Crippen LogP contribution < -0.4 is 11.1 Å². The summed E-state index contributed by atoms with van der Waals surface area (Å²) in [5.41, 5.74) is 12.4. The summed E-state index contributed by atoms with van der Waals surface area (Å²) < 4.78 is 0. The summed E-state index contributed by atoms with van der Waals surface area (Å²) in [5, 5.41) is 3.51. The molecule has 0 spiro atoms. The summed E-state index contributed by atoms with van der Waals surface area (Å²) in [5.74, 6) is 0.712. The van der Waals surface area contributed by atoms with Crippen LogP contribution in [0.5, 0.6) is 0 Å². The van der Waals surface area contributed by atoms with Crippen LogP contribution >= 0.6 is 0 Å². The summed E-state index contributed by atoms with van der Waals surface area (Å²) in [6.45, 7) is 8.05. The number of amides is 1. The smallest absolute Gasteiger partial charge is 0.253 e. The van der Waals surface area contributed by atoms with Crippen LogP contribution in [0.15, 0.2) is 42.5 Å². The van der Waals surface area contributed by atoms with Crippen LogP contribution in [0.25, 0.3) is 0 Å². The molecule has 1 unspecified atom stereocenters. The molecular formula is C23H31N3OSi. The molecule has 2 heterocycles. The summed E-state index contributed by atoms with van der Waals surface area (Å²) in [6.07, 6.45) is 2.04. The van der Waals surface area contributed by atoms with Gasteiger partial charge in [-0.2, -0.15) is 0 Å². The average Bonchev–Trinajstić information content (AvgIpc) is 3.17. The number of rotatable bonds is 4. The molecule has 1 saturated heterocycles. The van der Waals surface area contributed by atoms with E-state index < -0.39 is 8.80 Å². The van der Waals surface area contributed by atoms with Gasteiger partial charge < -0.3 is 16.0 Å². The van der Waals surface area contributed by atoms with Crippen molar-refractivity contribution >= 4 is 20.4 Å². The number of likely N-dealkylation sites (tertiary alicyclic amines) is 1. The molecule has 0 saturated carbocycles. The summed E-state index contributed by atoms with van der Waals surface area (Å²) in [6, 6.07) is 14.9. The van der Waals surface area contributed by atoms with Crippen molar-refractivity contribution in [1.29, 1.82) is 0 Å². The number of nitrogens with zero attached hydrogens (tertiary/aromatic N) is 1. The molecule has 2 aliphatic heterocycles. The highest BCUT2D eigenvalue weighted by Crippen LogP contribution is 2.35. The number of nitrogens with one attached hydrogen (secondary N) is 1. The first-order valence-electron chi connectivity index (χ1n) is 10.5. The maximum absolute atomic E-state index is 13.1. The second kappa shape index (κ2) is 8.09. The SMILES string of the molecule is C[SiH](C)C1CNc2ccc(C(=O)N3CCC(c4cccc(CN)c4)CC3)cc21. The van der Waals surface area contributed by atoms with Gasteiger partial charge in [0.05, 0.1) is 0 Å². The second-order valence-corrected chi connectivity index (χ2v) is 11.8. The molecule has 0 radical (unpaired) electrons. The van der Waals surface area contributed by atoms with E-state index in [9.17, 15) is 4.79 Å². The molecule has 1 fully saturated rings. The molecule has 2 aromatic carbocycles. The van der Waals surface area contributed by atoms with Gasteiger partial charge in [0.25, 0.3) is 5.91 Å². The fourth-order valence-corrected chi connectivity index (χ4v) is 6.24. The maximum atomic E-state index is 13.1. The number of piperidine rings is 1. The van der Waals surface area contributed by atoms with E-state index in [0.717, 1.165) is 38.0 Å². The van der Waals surface area contributed by atoms with Gasteiger partial charge in [-0.25, -0.2) is 0 Å². The molecule has 1 atom stereocenters. The fraction of sp³-hybridized carbons (Fsp3) is 0.435. The van der Waals surface area contributed by atoms with Crippen LogP contribution in [0.2, 0.25) is 13.1 Å². The largest absolute Gasteiger partial charge is 0.385 e. The van der Waals surface area contributed by atoms with E-state index in [1.807, 2.05) is 11.0 Å². The van der Waals surface area contributed by atoms with E-state index in [1.54, 1.807) is 0 Å². The number of carbonyl (C=O) groups excluding carboxylic acids is 1. The predicted molar refractivity (Wildman–Crippen MR) is 119 cm³/mol. The average molecular weight is 394 g/mol. The monoisotopic (exact) mass is 393 g/mol. The van der Waals surface area contributed by atoms with Crippen molar-refractivity contribution in [2.75, 3.05) is 25.0 Å². The molecule has 148 valence electrons. The normalized spacial score (nSPS) is 19.6.